The lowest BCUT2D eigenvalue weighted by Gasteiger charge is -2.23. The second-order valence-corrected chi connectivity index (χ2v) is 4.98. The first-order valence-corrected chi connectivity index (χ1v) is 6.16. The van der Waals surface area contributed by atoms with Crippen LogP contribution in [-0.2, 0) is 0 Å². The van der Waals surface area contributed by atoms with Crippen LogP contribution in [0.4, 0.5) is 0 Å². The number of nitrogens with zero attached hydrogens (tertiary/aromatic N) is 4. The maximum Gasteiger partial charge on any atom is 0.195 e. The topological polar surface area (TPSA) is 22.1 Å². The predicted octanol–water partition coefficient (Wildman–Crippen LogP) is 0.807. The van der Waals surface area contributed by atoms with Gasteiger partial charge in [-0.05, 0) is 25.4 Å². The lowest BCUT2D eigenvalue weighted by Crippen LogP contribution is -2.36. The molecule has 0 radical (unpaired) electrons. The summed E-state index contributed by atoms with van der Waals surface area (Å²) in [4.78, 5) is 11.4. The standard InChI is InChI=1S/C12H26N4/c1-6-16-8-7-11(10-16)9-13-12(14(2)3)15(4)5/h11H,6-10H2,1-5H3. The zero-order valence-electron chi connectivity index (χ0n) is 11.4. The van der Waals surface area contributed by atoms with Gasteiger partial charge in [-0.15, -0.1) is 0 Å². The highest BCUT2D eigenvalue weighted by Gasteiger charge is 2.20. The van der Waals surface area contributed by atoms with Crippen molar-refractivity contribution in [2.75, 3.05) is 54.4 Å². The van der Waals surface area contributed by atoms with E-state index >= 15 is 0 Å². The average molecular weight is 226 g/mol. The van der Waals surface area contributed by atoms with Crippen LogP contribution in [0.25, 0.3) is 0 Å². The van der Waals surface area contributed by atoms with Crippen molar-refractivity contribution in [1.82, 2.24) is 14.7 Å². The molecule has 0 aliphatic carbocycles. The molecule has 0 saturated carbocycles. The van der Waals surface area contributed by atoms with Gasteiger partial charge in [0.15, 0.2) is 5.96 Å². The van der Waals surface area contributed by atoms with Gasteiger partial charge in [0.1, 0.15) is 0 Å². The number of likely N-dealkylation sites (tertiary alicyclic amines) is 1. The highest BCUT2D eigenvalue weighted by Crippen LogP contribution is 2.15. The maximum absolute atomic E-state index is 4.72. The number of aliphatic imine (C=N–C) groups is 1. The summed E-state index contributed by atoms with van der Waals surface area (Å²) in [5.41, 5.74) is 0. The Bertz CT molecular complexity index is 225. The van der Waals surface area contributed by atoms with Crippen molar-refractivity contribution in [3.63, 3.8) is 0 Å². The van der Waals surface area contributed by atoms with E-state index in [2.05, 4.69) is 21.6 Å². The molecule has 4 heteroatoms. The number of rotatable bonds is 3. The Balaban J connectivity index is 2.45. The molecule has 0 aromatic rings. The zero-order valence-corrected chi connectivity index (χ0v) is 11.4. The monoisotopic (exact) mass is 226 g/mol. The molecule has 1 saturated heterocycles. The number of hydrogen-bond donors (Lipinski definition) is 0. The van der Waals surface area contributed by atoms with E-state index in [1.807, 2.05) is 28.2 Å². The molecule has 0 bridgehead atoms. The van der Waals surface area contributed by atoms with Crippen molar-refractivity contribution in [3.05, 3.63) is 0 Å². The van der Waals surface area contributed by atoms with Crippen molar-refractivity contribution in [2.45, 2.75) is 13.3 Å². The fourth-order valence-electron chi connectivity index (χ4n) is 2.24. The van der Waals surface area contributed by atoms with Crippen LogP contribution < -0.4 is 0 Å². The van der Waals surface area contributed by atoms with Gasteiger partial charge in [0.2, 0.25) is 0 Å². The summed E-state index contributed by atoms with van der Waals surface area (Å²) in [6, 6.07) is 0. The lowest BCUT2D eigenvalue weighted by molar-refractivity contribution is 0.343. The van der Waals surface area contributed by atoms with Crippen LogP contribution in [0.5, 0.6) is 0 Å². The Kier molecular flexibility index (Phi) is 5.06. The molecule has 0 aromatic heterocycles. The first kappa shape index (κ1) is 13.3. The van der Waals surface area contributed by atoms with Gasteiger partial charge in [-0.1, -0.05) is 6.92 Å². The van der Waals surface area contributed by atoms with E-state index in [4.69, 9.17) is 4.99 Å². The molecular weight excluding hydrogens is 200 g/mol. The van der Waals surface area contributed by atoms with Gasteiger partial charge in [-0.3, -0.25) is 4.99 Å². The van der Waals surface area contributed by atoms with Gasteiger partial charge in [-0.25, -0.2) is 0 Å². The largest absolute Gasteiger partial charge is 0.349 e. The number of guanidine groups is 1. The summed E-state index contributed by atoms with van der Waals surface area (Å²) in [5, 5.41) is 0. The molecule has 1 atom stereocenters. The fourth-order valence-corrected chi connectivity index (χ4v) is 2.24. The minimum Gasteiger partial charge on any atom is -0.349 e. The van der Waals surface area contributed by atoms with Crippen molar-refractivity contribution in [3.8, 4) is 0 Å². The van der Waals surface area contributed by atoms with Gasteiger partial charge in [0.25, 0.3) is 0 Å². The van der Waals surface area contributed by atoms with Crippen molar-refractivity contribution >= 4 is 5.96 Å². The third-order valence-corrected chi connectivity index (χ3v) is 3.11. The highest BCUT2D eigenvalue weighted by molar-refractivity contribution is 5.79. The molecule has 1 aliphatic heterocycles. The Morgan fingerprint density at radius 2 is 1.88 bits per heavy atom. The predicted molar refractivity (Wildman–Crippen MR) is 69.9 cm³/mol. The van der Waals surface area contributed by atoms with Crippen LogP contribution in [0.3, 0.4) is 0 Å². The van der Waals surface area contributed by atoms with Crippen LogP contribution in [-0.4, -0.2) is 75.0 Å². The molecule has 0 N–H and O–H groups in total. The smallest absolute Gasteiger partial charge is 0.195 e. The van der Waals surface area contributed by atoms with Gasteiger partial charge >= 0.3 is 0 Å². The van der Waals surface area contributed by atoms with Gasteiger partial charge in [0, 0.05) is 41.3 Å². The van der Waals surface area contributed by atoms with E-state index < -0.39 is 0 Å². The maximum atomic E-state index is 4.72. The second-order valence-electron chi connectivity index (χ2n) is 4.98. The quantitative estimate of drug-likeness (QED) is 0.525. The third-order valence-electron chi connectivity index (χ3n) is 3.11. The van der Waals surface area contributed by atoms with Crippen LogP contribution in [0.15, 0.2) is 4.99 Å². The van der Waals surface area contributed by atoms with Gasteiger partial charge < -0.3 is 14.7 Å². The molecule has 4 nitrogen and oxygen atoms in total. The molecule has 1 aliphatic rings. The summed E-state index contributed by atoms with van der Waals surface area (Å²) in [6.07, 6.45) is 1.30. The summed E-state index contributed by atoms with van der Waals surface area (Å²) in [6.45, 7) is 6.83. The van der Waals surface area contributed by atoms with E-state index in [9.17, 15) is 0 Å². The van der Waals surface area contributed by atoms with E-state index in [0.29, 0.717) is 0 Å². The molecule has 16 heavy (non-hydrogen) atoms. The zero-order chi connectivity index (χ0) is 12.1. The van der Waals surface area contributed by atoms with Crippen molar-refractivity contribution in [2.24, 2.45) is 10.9 Å². The molecule has 0 spiro atoms. The summed E-state index contributed by atoms with van der Waals surface area (Å²) in [7, 11) is 8.19. The van der Waals surface area contributed by atoms with Crippen LogP contribution in [0, 0.1) is 5.92 Å². The van der Waals surface area contributed by atoms with Crippen molar-refractivity contribution < 1.29 is 0 Å². The molecule has 94 valence electrons. The van der Waals surface area contributed by atoms with Crippen molar-refractivity contribution in [1.29, 1.82) is 0 Å². The van der Waals surface area contributed by atoms with Crippen LogP contribution >= 0.6 is 0 Å². The Morgan fingerprint density at radius 3 is 2.31 bits per heavy atom. The lowest BCUT2D eigenvalue weighted by atomic mass is 10.1. The third kappa shape index (κ3) is 3.67. The molecule has 1 unspecified atom stereocenters. The molecule has 0 aromatic carbocycles. The molecule has 1 rings (SSSR count). The minimum absolute atomic E-state index is 0.745. The molecular formula is C12H26N4. The Labute approximate surface area is 99.9 Å². The van der Waals surface area contributed by atoms with Gasteiger partial charge in [0.05, 0.1) is 0 Å². The minimum atomic E-state index is 0.745. The van der Waals surface area contributed by atoms with E-state index in [1.54, 1.807) is 0 Å². The van der Waals surface area contributed by atoms with E-state index in [0.717, 1.165) is 18.4 Å². The molecule has 1 heterocycles. The van der Waals surface area contributed by atoms with E-state index in [1.165, 1.54) is 26.1 Å². The summed E-state index contributed by atoms with van der Waals surface area (Å²) >= 11 is 0. The van der Waals surface area contributed by atoms with Crippen LogP contribution in [0.2, 0.25) is 0 Å². The average Bonchev–Trinajstić information content (AvgIpc) is 2.65. The second kappa shape index (κ2) is 6.09. The first-order valence-electron chi connectivity index (χ1n) is 6.16. The Hall–Kier alpha value is -0.770. The Morgan fingerprint density at radius 1 is 1.25 bits per heavy atom. The summed E-state index contributed by atoms with van der Waals surface area (Å²) in [5.74, 6) is 1.81. The molecule has 0 amide bonds. The highest BCUT2D eigenvalue weighted by atomic mass is 15.3. The van der Waals surface area contributed by atoms with E-state index in [-0.39, 0.29) is 0 Å². The number of hydrogen-bond acceptors (Lipinski definition) is 2. The fraction of sp³-hybridized carbons (Fsp3) is 0.917. The summed E-state index contributed by atoms with van der Waals surface area (Å²) < 4.78 is 0. The normalized spacial score (nSPS) is 20.9. The first-order chi connectivity index (χ1) is 7.54. The van der Waals surface area contributed by atoms with Gasteiger partial charge in [-0.2, -0.15) is 0 Å². The SMILES string of the molecule is CCN1CCC(CN=C(N(C)C)N(C)C)C1. The van der Waals surface area contributed by atoms with Crippen LogP contribution in [0.1, 0.15) is 13.3 Å². The molecule has 1 fully saturated rings.